The number of carbonyl (C=O) groups excluding carboxylic acids is 2. The summed E-state index contributed by atoms with van der Waals surface area (Å²) in [6.07, 6.45) is 0.173. The van der Waals surface area contributed by atoms with E-state index in [0.717, 1.165) is 54.2 Å². The molecule has 0 saturated carbocycles. The molecule has 3 aromatic rings. The Balaban J connectivity index is 1.86. The summed E-state index contributed by atoms with van der Waals surface area (Å²) in [6, 6.07) is 20.2. The van der Waals surface area contributed by atoms with Crippen LogP contribution >= 0.6 is 0 Å². The fraction of sp³-hybridized carbons (Fsp3) is 0.364. The van der Waals surface area contributed by atoms with Crippen molar-refractivity contribution in [1.29, 1.82) is 0 Å². The Morgan fingerprint density at radius 3 is 2.08 bits per heavy atom. The molecule has 3 aromatic carbocycles. The molecule has 2 aliphatic rings. The number of ketones is 1. The maximum atomic E-state index is 14.2. The van der Waals surface area contributed by atoms with Gasteiger partial charge in [0.15, 0.2) is 0 Å². The molecule has 0 aliphatic carbocycles. The summed E-state index contributed by atoms with van der Waals surface area (Å²) < 4.78 is 6.63. The van der Waals surface area contributed by atoms with Crippen LogP contribution in [-0.4, -0.2) is 48.6 Å². The molecule has 1 unspecified atom stereocenters. The monoisotopic (exact) mass is 538 g/mol. The third-order valence-corrected chi connectivity index (χ3v) is 8.02. The van der Waals surface area contributed by atoms with Gasteiger partial charge in [-0.05, 0) is 71.9 Å². The molecule has 1 amide bonds. The highest BCUT2D eigenvalue weighted by Crippen LogP contribution is 2.58. The fourth-order valence-corrected chi connectivity index (χ4v) is 6.19. The van der Waals surface area contributed by atoms with Gasteiger partial charge in [0, 0.05) is 78.0 Å². The zero-order chi connectivity index (χ0) is 28.6. The lowest BCUT2D eigenvalue weighted by Gasteiger charge is -2.42. The molecule has 7 heteroatoms. The van der Waals surface area contributed by atoms with Gasteiger partial charge in [0.2, 0.25) is 0 Å². The van der Waals surface area contributed by atoms with Crippen LogP contribution in [-0.2, 0) is 10.3 Å². The van der Waals surface area contributed by atoms with Gasteiger partial charge in [-0.3, -0.25) is 9.59 Å². The smallest absolute Gasteiger partial charge is 0.275 e. The molecule has 7 nitrogen and oxygen atoms in total. The van der Waals surface area contributed by atoms with Crippen molar-refractivity contribution in [2.24, 2.45) is 5.10 Å². The predicted molar refractivity (Wildman–Crippen MR) is 161 cm³/mol. The van der Waals surface area contributed by atoms with Crippen LogP contribution in [0.1, 0.15) is 75.0 Å². The largest absolute Gasteiger partial charge is 0.456 e. The number of fused-ring (bicyclic) bond motifs is 6. The molecule has 0 N–H and O–H groups in total. The average molecular weight is 539 g/mol. The van der Waals surface area contributed by atoms with Crippen molar-refractivity contribution in [3.8, 4) is 11.5 Å². The van der Waals surface area contributed by atoms with Crippen LogP contribution in [0.15, 0.2) is 65.8 Å². The Kier molecular flexibility index (Phi) is 7.41. The maximum absolute atomic E-state index is 14.2. The number of hydrogen-bond donors (Lipinski definition) is 0. The molecule has 0 aromatic heterocycles. The first-order valence-electron chi connectivity index (χ1n) is 14.2. The third kappa shape index (κ3) is 4.24. The Hall–Kier alpha value is -4.13. The average Bonchev–Trinajstić information content (AvgIpc) is 3.18. The number of hydrogen-bond acceptors (Lipinski definition) is 6. The lowest BCUT2D eigenvalue weighted by molar-refractivity contribution is -0.115. The molecule has 0 bridgehead atoms. The summed E-state index contributed by atoms with van der Waals surface area (Å²) in [7, 11) is 0. The second-order valence-electron chi connectivity index (χ2n) is 10.4. The Morgan fingerprint density at radius 1 is 0.800 bits per heavy atom. The molecule has 0 radical (unpaired) electrons. The molecule has 208 valence electrons. The van der Waals surface area contributed by atoms with Gasteiger partial charge in [-0.1, -0.05) is 24.3 Å². The number of amides is 1. The number of anilines is 2. The zero-order valence-electron chi connectivity index (χ0n) is 24.3. The molecular weight excluding hydrogens is 500 g/mol. The van der Waals surface area contributed by atoms with Crippen LogP contribution in [0.3, 0.4) is 0 Å². The Bertz CT molecular complexity index is 1490. The second-order valence-corrected chi connectivity index (χ2v) is 10.4. The number of nitrogens with zero attached hydrogens (tertiary/aromatic N) is 4. The molecule has 0 fully saturated rings. The van der Waals surface area contributed by atoms with Gasteiger partial charge >= 0.3 is 0 Å². The highest BCUT2D eigenvalue weighted by Gasteiger charge is 2.57. The minimum atomic E-state index is -1.06. The number of benzene rings is 3. The van der Waals surface area contributed by atoms with E-state index in [9.17, 15) is 9.59 Å². The first-order chi connectivity index (χ1) is 19.3. The van der Waals surface area contributed by atoms with E-state index >= 15 is 0 Å². The Labute approximate surface area is 237 Å². The van der Waals surface area contributed by atoms with Crippen molar-refractivity contribution in [1.82, 2.24) is 5.01 Å². The molecule has 5 rings (SSSR count). The number of hydrazone groups is 1. The highest BCUT2D eigenvalue weighted by atomic mass is 16.5. The topological polar surface area (TPSA) is 65.5 Å². The van der Waals surface area contributed by atoms with Gasteiger partial charge in [0.25, 0.3) is 5.91 Å². The molecule has 1 atom stereocenters. The van der Waals surface area contributed by atoms with E-state index in [1.807, 2.05) is 37.3 Å². The van der Waals surface area contributed by atoms with Crippen LogP contribution in [0.2, 0.25) is 0 Å². The number of Topliss-reactive ketones (excluding diaryl/α,β-unsaturated/α-hetero) is 1. The summed E-state index contributed by atoms with van der Waals surface area (Å²) in [5.74, 6) is 1.19. The molecule has 2 aliphatic heterocycles. The van der Waals surface area contributed by atoms with Crippen molar-refractivity contribution >= 4 is 28.8 Å². The third-order valence-electron chi connectivity index (χ3n) is 8.02. The Morgan fingerprint density at radius 2 is 1.43 bits per heavy atom. The van der Waals surface area contributed by atoms with E-state index in [4.69, 9.17) is 9.84 Å². The van der Waals surface area contributed by atoms with E-state index in [2.05, 4.69) is 67.8 Å². The first kappa shape index (κ1) is 27.4. The second kappa shape index (κ2) is 10.8. The highest BCUT2D eigenvalue weighted by molar-refractivity contribution is 6.05. The molecular formula is C33H38N4O3. The van der Waals surface area contributed by atoms with E-state index in [1.54, 1.807) is 11.9 Å². The summed E-state index contributed by atoms with van der Waals surface area (Å²) in [5.41, 5.74) is 4.81. The lowest BCUT2D eigenvalue weighted by Crippen LogP contribution is -2.45. The summed E-state index contributed by atoms with van der Waals surface area (Å²) in [5, 5.41) is 6.49. The zero-order valence-corrected chi connectivity index (χ0v) is 24.3. The van der Waals surface area contributed by atoms with Gasteiger partial charge in [-0.25, -0.2) is 5.01 Å². The van der Waals surface area contributed by atoms with Gasteiger partial charge in [0.05, 0.1) is 0 Å². The van der Waals surface area contributed by atoms with Crippen molar-refractivity contribution in [2.75, 3.05) is 36.0 Å². The lowest BCUT2D eigenvalue weighted by atomic mass is 9.75. The maximum Gasteiger partial charge on any atom is 0.275 e. The van der Waals surface area contributed by atoms with Crippen LogP contribution in [0.5, 0.6) is 11.5 Å². The van der Waals surface area contributed by atoms with Crippen molar-refractivity contribution < 1.29 is 14.3 Å². The summed E-state index contributed by atoms with van der Waals surface area (Å²) in [4.78, 5) is 30.8. The van der Waals surface area contributed by atoms with E-state index in [1.165, 1.54) is 0 Å². The SMILES string of the molecule is CCN(CC)c1ccc2c(c1)Oc1ccc(N(CC)CC)cc1C21c2ccccc2C(=O)N1/N=C(\C)CC(C)=O. The van der Waals surface area contributed by atoms with Gasteiger partial charge < -0.3 is 14.5 Å². The van der Waals surface area contributed by atoms with Crippen molar-refractivity contribution in [3.63, 3.8) is 0 Å². The van der Waals surface area contributed by atoms with Crippen LogP contribution in [0.25, 0.3) is 0 Å². The molecule has 0 saturated heterocycles. The minimum absolute atomic E-state index is 0.0000723. The minimum Gasteiger partial charge on any atom is -0.456 e. The first-order valence-corrected chi connectivity index (χ1v) is 14.2. The van der Waals surface area contributed by atoms with Crippen LogP contribution < -0.4 is 14.5 Å². The van der Waals surface area contributed by atoms with Crippen LogP contribution in [0.4, 0.5) is 11.4 Å². The molecule has 2 heterocycles. The molecule has 1 spiro atoms. The van der Waals surface area contributed by atoms with E-state index in [-0.39, 0.29) is 18.1 Å². The quantitative estimate of drug-likeness (QED) is 0.288. The number of rotatable bonds is 9. The standard InChI is InChI=1S/C33H38N4O3/c1-7-35(8-2)24-16-18-30-29(20-24)33(28-17-15-25(21-31(28)40-30)36(9-3)10-4)27-14-12-11-13-26(27)32(39)37(33)34-22(5)19-23(6)38/h11-18,20-21H,7-10,19H2,1-6H3/b34-22+. The summed E-state index contributed by atoms with van der Waals surface area (Å²) >= 11 is 0. The number of ether oxygens (including phenoxy) is 1. The summed E-state index contributed by atoms with van der Waals surface area (Å²) in [6.45, 7) is 15.3. The van der Waals surface area contributed by atoms with Gasteiger partial charge in [-0.15, -0.1) is 0 Å². The van der Waals surface area contributed by atoms with Crippen molar-refractivity contribution in [3.05, 3.63) is 82.9 Å². The molecule has 40 heavy (non-hydrogen) atoms. The normalized spacial score (nSPS) is 17.3. The van der Waals surface area contributed by atoms with E-state index < -0.39 is 5.54 Å². The van der Waals surface area contributed by atoms with Crippen molar-refractivity contribution in [2.45, 2.75) is 53.5 Å². The number of carbonyl (C=O) groups is 2. The van der Waals surface area contributed by atoms with Gasteiger partial charge in [-0.2, -0.15) is 5.10 Å². The van der Waals surface area contributed by atoms with E-state index in [0.29, 0.717) is 22.8 Å². The van der Waals surface area contributed by atoms with Crippen LogP contribution in [0, 0.1) is 0 Å². The predicted octanol–water partition coefficient (Wildman–Crippen LogP) is 6.59. The fourth-order valence-electron chi connectivity index (χ4n) is 6.19. The van der Waals surface area contributed by atoms with Gasteiger partial charge in [0.1, 0.15) is 22.8 Å².